The van der Waals surface area contributed by atoms with Crippen LogP contribution in [-0.2, 0) is 6.18 Å². The molecule has 0 aliphatic heterocycles. The Hall–Kier alpha value is -1.92. The minimum absolute atomic E-state index is 0.0305. The summed E-state index contributed by atoms with van der Waals surface area (Å²) in [6.45, 7) is 3.82. The van der Waals surface area contributed by atoms with Crippen molar-refractivity contribution in [1.29, 1.82) is 0 Å². The van der Waals surface area contributed by atoms with Crippen LogP contribution in [-0.4, -0.2) is 21.0 Å². The largest absolute Gasteiger partial charge is 0.433 e. The first-order valence-electron chi connectivity index (χ1n) is 5.33. The van der Waals surface area contributed by atoms with Crippen molar-refractivity contribution in [2.45, 2.75) is 26.1 Å². The van der Waals surface area contributed by atoms with Gasteiger partial charge in [-0.1, -0.05) is 0 Å². The number of pyridine rings is 1. The van der Waals surface area contributed by atoms with Crippen LogP contribution in [0.3, 0.4) is 0 Å². The first kappa shape index (κ1) is 12.5. The Bertz CT molecular complexity index is 566. The van der Waals surface area contributed by atoms with Gasteiger partial charge in [0.15, 0.2) is 5.65 Å². The molecule has 0 aromatic carbocycles. The molecule has 7 heteroatoms. The highest BCUT2D eigenvalue weighted by Gasteiger charge is 2.32. The van der Waals surface area contributed by atoms with E-state index in [1.807, 2.05) is 13.8 Å². The Balaban J connectivity index is 2.53. The van der Waals surface area contributed by atoms with E-state index < -0.39 is 11.9 Å². The lowest BCUT2D eigenvalue weighted by Gasteiger charge is -2.11. The molecule has 2 aromatic rings. The average Bonchev–Trinajstić information content (AvgIpc) is 2.27. The van der Waals surface area contributed by atoms with Gasteiger partial charge in [-0.15, -0.1) is 0 Å². The van der Waals surface area contributed by atoms with Crippen molar-refractivity contribution in [2.24, 2.45) is 0 Å². The highest BCUT2D eigenvalue weighted by atomic mass is 19.4. The van der Waals surface area contributed by atoms with E-state index in [1.54, 1.807) is 0 Å². The second kappa shape index (κ2) is 4.40. The highest BCUT2D eigenvalue weighted by molar-refractivity contribution is 5.86. The Morgan fingerprint density at radius 1 is 1.17 bits per heavy atom. The molecule has 0 unspecified atom stereocenters. The third-order valence-corrected chi connectivity index (χ3v) is 2.21. The van der Waals surface area contributed by atoms with Crippen molar-refractivity contribution in [3.8, 4) is 0 Å². The van der Waals surface area contributed by atoms with Crippen molar-refractivity contribution in [2.75, 3.05) is 5.32 Å². The van der Waals surface area contributed by atoms with Gasteiger partial charge in [0.05, 0.1) is 5.39 Å². The summed E-state index contributed by atoms with van der Waals surface area (Å²) in [6, 6.07) is 2.37. The highest BCUT2D eigenvalue weighted by Crippen LogP contribution is 2.29. The van der Waals surface area contributed by atoms with Gasteiger partial charge in [0, 0.05) is 6.04 Å². The normalized spacial score (nSPS) is 12.1. The fourth-order valence-electron chi connectivity index (χ4n) is 1.49. The number of aromatic nitrogens is 3. The maximum atomic E-state index is 12.5. The molecule has 0 fully saturated rings. The molecule has 0 aliphatic carbocycles. The van der Waals surface area contributed by atoms with Gasteiger partial charge in [-0.25, -0.2) is 15.0 Å². The Morgan fingerprint density at radius 3 is 2.50 bits per heavy atom. The van der Waals surface area contributed by atoms with Gasteiger partial charge in [-0.2, -0.15) is 13.2 Å². The van der Waals surface area contributed by atoms with Crippen molar-refractivity contribution in [1.82, 2.24) is 15.0 Å². The second-order valence-electron chi connectivity index (χ2n) is 4.09. The number of rotatable bonds is 2. The number of nitrogens with one attached hydrogen (secondary N) is 1. The third kappa shape index (κ3) is 2.49. The predicted molar refractivity (Wildman–Crippen MR) is 61.1 cm³/mol. The van der Waals surface area contributed by atoms with Crippen LogP contribution in [0.2, 0.25) is 0 Å². The van der Waals surface area contributed by atoms with E-state index in [9.17, 15) is 13.2 Å². The molecule has 0 bridgehead atoms. The van der Waals surface area contributed by atoms with E-state index in [-0.39, 0.29) is 11.7 Å². The molecule has 2 aromatic heterocycles. The molecule has 2 rings (SSSR count). The summed E-state index contributed by atoms with van der Waals surface area (Å²) < 4.78 is 37.5. The molecule has 0 saturated carbocycles. The van der Waals surface area contributed by atoms with Crippen molar-refractivity contribution < 1.29 is 13.2 Å². The second-order valence-corrected chi connectivity index (χ2v) is 4.09. The molecule has 1 N–H and O–H groups in total. The van der Waals surface area contributed by atoms with E-state index >= 15 is 0 Å². The molecule has 0 spiro atoms. The number of halogens is 3. The summed E-state index contributed by atoms with van der Waals surface area (Å²) in [4.78, 5) is 11.3. The zero-order valence-corrected chi connectivity index (χ0v) is 9.78. The van der Waals surface area contributed by atoms with Crippen LogP contribution in [0.5, 0.6) is 0 Å². The van der Waals surface area contributed by atoms with E-state index in [4.69, 9.17) is 0 Å². The first-order valence-corrected chi connectivity index (χ1v) is 5.33. The van der Waals surface area contributed by atoms with E-state index in [2.05, 4.69) is 20.3 Å². The van der Waals surface area contributed by atoms with Gasteiger partial charge in [0.1, 0.15) is 17.8 Å². The summed E-state index contributed by atoms with van der Waals surface area (Å²) in [6.07, 6.45) is -3.27. The lowest BCUT2D eigenvalue weighted by Crippen LogP contribution is -2.13. The molecule has 18 heavy (non-hydrogen) atoms. The van der Waals surface area contributed by atoms with Crippen LogP contribution in [0.25, 0.3) is 11.0 Å². The van der Waals surface area contributed by atoms with Crippen LogP contribution in [0.4, 0.5) is 19.0 Å². The average molecular weight is 256 g/mol. The van der Waals surface area contributed by atoms with Gasteiger partial charge in [0.2, 0.25) is 0 Å². The molecule has 4 nitrogen and oxygen atoms in total. The summed E-state index contributed by atoms with van der Waals surface area (Å²) >= 11 is 0. The Morgan fingerprint density at radius 2 is 1.89 bits per heavy atom. The number of alkyl halides is 3. The van der Waals surface area contributed by atoms with Crippen LogP contribution in [0.15, 0.2) is 18.5 Å². The fourth-order valence-corrected chi connectivity index (χ4v) is 1.49. The van der Waals surface area contributed by atoms with Crippen LogP contribution in [0, 0.1) is 0 Å². The van der Waals surface area contributed by atoms with Crippen LogP contribution >= 0.6 is 0 Å². The van der Waals surface area contributed by atoms with Crippen molar-refractivity contribution in [3.63, 3.8) is 0 Å². The van der Waals surface area contributed by atoms with Gasteiger partial charge in [-0.05, 0) is 26.0 Å². The Kier molecular flexibility index (Phi) is 3.06. The molecular weight excluding hydrogens is 245 g/mol. The van der Waals surface area contributed by atoms with Crippen molar-refractivity contribution in [3.05, 3.63) is 24.2 Å². The minimum atomic E-state index is -4.47. The first-order chi connectivity index (χ1) is 8.38. The molecule has 0 saturated heterocycles. The summed E-state index contributed by atoms with van der Waals surface area (Å²) in [5, 5.41) is 3.51. The third-order valence-electron chi connectivity index (χ3n) is 2.21. The lowest BCUT2D eigenvalue weighted by atomic mass is 10.2. The number of hydrogen-bond acceptors (Lipinski definition) is 4. The zero-order valence-electron chi connectivity index (χ0n) is 9.78. The summed E-state index contributed by atoms with van der Waals surface area (Å²) in [7, 11) is 0. The van der Waals surface area contributed by atoms with Gasteiger partial charge >= 0.3 is 6.18 Å². The molecule has 96 valence electrons. The fraction of sp³-hybridized carbons (Fsp3) is 0.364. The number of anilines is 1. The Labute approximate surface area is 101 Å². The van der Waals surface area contributed by atoms with Crippen LogP contribution < -0.4 is 5.32 Å². The smallest absolute Gasteiger partial charge is 0.367 e. The molecule has 0 radical (unpaired) electrons. The lowest BCUT2D eigenvalue weighted by molar-refractivity contribution is -0.141. The van der Waals surface area contributed by atoms with Gasteiger partial charge < -0.3 is 5.32 Å². The standard InChI is InChI=1S/C11H11F3N4/c1-6(2)17-9-7-3-4-8(11(12,13)14)18-10(7)16-5-15-9/h3-6H,1-2H3,(H,15,16,17,18). The van der Waals surface area contributed by atoms with Gasteiger partial charge in [-0.3, -0.25) is 0 Å². The molecule has 2 heterocycles. The number of nitrogens with zero attached hydrogens (tertiary/aromatic N) is 3. The molecule has 0 atom stereocenters. The summed E-state index contributed by atoms with van der Waals surface area (Å²) in [5.41, 5.74) is -0.924. The minimum Gasteiger partial charge on any atom is -0.367 e. The molecule has 0 aliphatic rings. The maximum Gasteiger partial charge on any atom is 0.433 e. The monoisotopic (exact) mass is 256 g/mol. The number of fused-ring (bicyclic) bond motifs is 1. The van der Waals surface area contributed by atoms with Gasteiger partial charge in [0.25, 0.3) is 0 Å². The number of hydrogen-bond donors (Lipinski definition) is 1. The molecular formula is C11H11F3N4. The topological polar surface area (TPSA) is 50.7 Å². The zero-order chi connectivity index (χ0) is 13.3. The van der Waals surface area contributed by atoms with E-state index in [1.165, 1.54) is 12.4 Å². The maximum absolute atomic E-state index is 12.5. The molecule has 0 amide bonds. The SMILES string of the molecule is CC(C)Nc1ncnc2nc(C(F)(F)F)ccc12. The van der Waals surface area contributed by atoms with E-state index in [0.717, 1.165) is 6.07 Å². The quantitative estimate of drug-likeness (QED) is 0.897. The van der Waals surface area contributed by atoms with E-state index in [0.29, 0.717) is 11.2 Å². The predicted octanol–water partition coefficient (Wildman–Crippen LogP) is 2.86. The van der Waals surface area contributed by atoms with Crippen LogP contribution in [0.1, 0.15) is 19.5 Å². The van der Waals surface area contributed by atoms with Crippen molar-refractivity contribution >= 4 is 16.9 Å². The summed E-state index contributed by atoms with van der Waals surface area (Å²) in [5.74, 6) is 0.483.